The Hall–Kier alpha value is -2.69. The van der Waals surface area contributed by atoms with Crippen molar-refractivity contribution in [3.05, 3.63) is 59.0 Å². The van der Waals surface area contributed by atoms with Crippen LogP contribution in [0.4, 0.5) is 17.2 Å². The Morgan fingerprint density at radius 3 is 2.42 bits per heavy atom. The van der Waals surface area contributed by atoms with Crippen LogP contribution < -0.4 is 19.7 Å². The maximum Gasteiger partial charge on any atom is 0.144 e. The minimum atomic E-state index is -0.161. The van der Waals surface area contributed by atoms with Crippen molar-refractivity contribution in [3.63, 3.8) is 0 Å². The predicted molar refractivity (Wildman–Crippen MR) is 175 cm³/mol. The van der Waals surface area contributed by atoms with E-state index in [1.165, 1.54) is 25.9 Å². The number of benzene rings is 1. The van der Waals surface area contributed by atoms with Crippen LogP contribution in [0, 0.1) is 0 Å². The molecule has 1 aromatic carbocycles. The Balaban J connectivity index is 1.33. The van der Waals surface area contributed by atoms with E-state index in [9.17, 15) is 0 Å². The molecule has 0 amide bonds. The number of halogens is 2. The molecule has 2 aliphatic rings. The van der Waals surface area contributed by atoms with Gasteiger partial charge in [0.25, 0.3) is 0 Å². The number of rotatable bonds is 13. The standard InChI is InChI=1S/C32H45Cl2N5O4/c1-23(40-3)18-30(42-5)32(34)24(20-33)22-43-27-7-9-31(35-21-27)36-25-6-8-28(29(19-25)41-4)39-12-10-26(11-13-39)38-16-14-37(2)15-17-38/h6-9,18-19,21,23,26H,10-17,20,22H2,1-5H3,(H,35,36)/b30-18+,32-24-. The Labute approximate surface area is 266 Å². The molecule has 1 aromatic heterocycles. The number of anilines is 3. The lowest BCUT2D eigenvalue weighted by atomic mass is 10.0. The van der Waals surface area contributed by atoms with Gasteiger partial charge in [-0.15, -0.1) is 11.6 Å². The molecule has 2 fully saturated rings. The lowest BCUT2D eigenvalue weighted by molar-refractivity contribution is 0.0981. The summed E-state index contributed by atoms with van der Waals surface area (Å²) in [4.78, 5) is 12.1. The average molecular weight is 635 g/mol. The molecule has 2 saturated heterocycles. The molecule has 0 bridgehead atoms. The molecule has 0 saturated carbocycles. The number of aromatic nitrogens is 1. The molecule has 0 radical (unpaired) electrons. The molecule has 2 aromatic rings. The normalized spacial score (nSPS) is 18.7. The topological polar surface area (TPSA) is 71.6 Å². The van der Waals surface area contributed by atoms with Gasteiger partial charge in [0, 0.05) is 75.6 Å². The van der Waals surface area contributed by atoms with Crippen LogP contribution in [-0.2, 0) is 9.47 Å². The quantitative estimate of drug-likeness (QED) is 0.169. The van der Waals surface area contributed by atoms with Gasteiger partial charge in [-0.05, 0) is 57.2 Å². The first kappa shape index (κ1) is 33.2. The lowest BCUT2D eigenvalue weighted by Gasteiger charge is -2.42. The van der Waals surface area contributed by atoms with Crippen LogP contribution in [0.2, 0.25) is 0 Å². The van der Waals surface area contributed by atoms with Gasteiger partial charge in [-0.1, -0.05) is 11.6 Å². The van der Waals surface area contributed by atoms with E-state index in [1.54, 1.807) is 33.6 Å². The maximum atomic E-state index is 6.55. The van der Waals surface area contributed by atoms with Gasteiger partial charge in [-0.2, -0.15) is 0 Å². The monoisotopic (exact) mass is 633 g/mol. The highest BCUT2D eigenvalue weighted by molar-refractivity contribution is 6.33. The van der Waals surface area contributed by atoms with Crippen molar-refractivity contribution in [3.8, 4) is 11.5 Å². The zero-order chi connectivity index (χ0) is 30.8. The van der Waals surface area contributed by atoms with Gasteiger partial charge < -0.3 is 34.1 Å². The summed E-state index contributed by atoms with van der Waals surface area (Å²) < 4.78 is 22.4. The summed E-state index contributed by atoms with van der Waals surface area (Å²) >= 11 is 12.7. The van der Waals surface area contributed by atoms with Crippen molar-refractivity contribution < 1.29 is 18.9 Å². The van der Waals surface area contributed by atoms with Crippen molar-refractivity contribution in [2.75, 3.05) is 90.3 Å². The molecule has 4 rings (SSSR count). The van der Waals surface area contributed by atoms with Gasteiger partial charge in [0.1, 0.15) is 29.7 Å². The zero-order valence-corrected chi connectivity index (χ0v) is 27.5. The maximum absolute atomic E-state index is 6.55. The number of nitrogens with zero attached hydrogens (tertiary/aromatic N) is 4. The van der Waals surface area contributed by atoms with Crippen LogP contribution in [0.5, 0.6) is 11.5 Å². The molecule has 0 spiro atoms. The van der Waals surface area contributed by atoms with Crippen LogP contribution >= 0.6 is 23.2 Å². The van der Waals surface area contributed by atoms with Crippen molar-refractivity contribution in [1.82, 2.24) is 14.8 Å². The van der Waals surface area contributed by atoms with E-state index in [-0.39, 0.29) is 18.6 Å². The van der Waals surface area contributed by atoms with E-state index in [0.717, 1.165) is 43.3 Å². The summed E-state index contributed by atoms with van der Waals surface area (Å²) in [5.41, 5.74) is 2.72. The number of likely N-dealkylation sites (N-methyl/N-ethyl adjacent to an activating group) is 1. The number of piperazine rings is 1. The van der Waals surface area contributed by atoms with Crippen LogP contribution in [0.15, 0.2) is 59.0 Å². The number of hydrogen-bond acceptors (Lipinski definition) is 9. The number of methoxy groups -OCH3 is 3. The van der Waals surface area contributed by atoms with E-state index in [1.807, 2.05) is 25.1 Å². The largest absolute Gasteiger partial charge is 0.495 e. The third-order valence-electron chi connectivity index (χ3n) is 8.13. The fraction of sp³-hybridized carbons (Fsp3) is 0.531. The highest BCUT2D eigenvalue weighted by Gasteiger charge is 2.27. The Morgan fingerprint density at radius 2 is 1.81 bits per heavy atom. The number of hydrogen-bond donors (Lipinski definition) is 1. The van der Waals surface area contributed by atoms with Gasteiger partial charge in [0.15, 0.2) is 0 Å². The van der Waals surface area contributed by atoms with Gasteiger partial charge in [0.2, 0.25) is 0 Å². The fourth-order valence-electron chi connectivity index (χ4n) is 5.38. The smallest absolute Gasteiger partial charge is 0.144 e. The molecule has 43 heavy (non-hydrogen) atoms. The van der Waals surface area contributed by atoms with E-state index in [2.05, 4.69) is 44.2 Å². The molecule has 3 heterocycles. The second-order valence-electron chi connectivity index (χ2n) is 11.0. The van der Waals surface area contributed by atoms with Crippen LogP contribution in [0.3, 0.4) is 0 Å². The Kier molecular flexibility index (Phi) is 12.7. The summed E-state index contributed by atoms with van der Waals surface area (Å²) in [5.74, 6) is 2.83. The number of alkyl halides is 1. The first-order valence-electron chi connectivity index (χ1n) is 14.8. The number of pyridine rings is 1. The molecular weight excluding hydrogens is 589 g/mol. The SMILES string of the molecule is COC(=C/C(C)OC)/C(Cl)=C(\CCl)COc1ccc(Nc2ccc(N3CCC(N4CCN(C)CC4)CC3)c(OC)c2)nc1. The number of nitrogens with one attached hydrogen (secondary N) is 1. The molecular formula is C32H45Cl2N5O4. The third-order valence-corrected chi connectivity index (χ3v) is 8.90. The second-order valence-corrected chi connectivity index (χ2v) is 11.6. The fourth-order valence-corrected chi connectivity index (χ4v) is 5.92. The summed E-state index contributed by atoms with van der Waals surface area (Å²) in [7, 11) is 7.11. The van der Waals surface area contributed by atoms with Crippen LogP contribution in [-0.4, -0.2) is 107 Å². The lowest BCUT2D eigenvalue weighted by Crippen LogP contribution is -2.52. The van der Waals surface area contributed by atoms with Crippen LogP contribution in [0.25, 0.3) is 0 Å². The molecule has 2 aliphatic heterocycles. The summed E-state index contributed by atoms with van der Waals surface area (Å²) in [6, 6.07) is 10.6. The van der Waals surface area contributed by atoms with Gasteiger partial charge in [0.05, 0.1) is 37.2 Å². The summed E-state index contributed by atoms with van der Waals surface area (Å²) in [6.45, 7) is 8.83. The molecule has 1 atom stereocenters. The van der Waals surface area contributed by atoms with Gasteiger partial charge >= 0.3 is 0 Å². The van der Waals surface area contributed by atoms with Gasteiger partial charge in [-0.25, -0.2) is 4.98 Å². The zero-order valence-electron chi connectivity index (χ0n) is 25.9. The van der Waals surface area contributed by atoms with Crippen LogP contribution in [0.1, 0.15) is 19.8 Å². The molecule has 236 valence electrons. The van der Waals surface area contributed by atoms with E-state index < -0.39 is 0 Å². The molecule has 1 N–H and O–H groups in total. The summed E-state index contributed by atoms with van der Waals surface area (Å²) in [5, 5.41) is 3.77. The Bertz CT molecular complexity index is 1230. The number of ether oxygens (including phenoxy) is 4. The highest BCUT2D eigenvalue weighted by Crippen LogP contribution is 2.34. The number of piperidine rings is 1. The van der Waals surface area contributed by atoms with Crippen molar-refractivity contribution >= 4 is 40.4 Å². The summed E-state index contributed by atoms with van der Waals surface area (Å²) in [6.07, 6.45) is 5.65. The van der Waals surface area contributed by atoms with Crippen molar-refractivity contribution in [2.24, 2.45) is 0 Å². The van der Waals surface area contributed by atoms with Crippen molar-refractivity contribution in [2.45, 2.75) is 31.9 Å². The Morgan fingerprint density at radius 1 is 1.07 bits per heavy atom. The first-order valence-corrected chi connectivity index (χ1v) is 15.7. The number of allylic oxidation sites excluding steroid dienone is 1. The second kappa shape index (κ2) is 16.4. The molecule has 9 nitrogen and oxygen atoms in total. The first-order chi connectivity index (χ1) is 20.8. The van der Waals surface area contributed by atoms with E-state index in [4.69, 9.17) is 42.1 Å². The molecule has 0 aliphatic carbocycles. The van der Waals surface area contributed by atoms with Crippen molar-refractivity contribution in [1.29, 1.82) is 0 Å². The van der Waals surface area contributed by atoms with E-state index in [0.29, 0.717) is 34.0 Å². The third kappa shape index (κ3) is 9.16. The van der Waals surface area contributed by atoms with Gasteiger partial charge in [-0.3, -0.25) is 4.90 Å². The average Bonchev–Trinajstić information content (AvgIpc) is 3.04. The molecule has 1 unspecified atom stereocenters. The predicted octanol–water partition coefficient (Wildman–Crippen LogP) is 5.73. The molecule has 11 heteroatoms. The highest BCUT2D eigenvalue weighted by atomic mass is 35.5. The minimum absolute atomic E-state index is 0.161. The minimum Gasteiger partial charge on any atom is -0.495 e. The van der Waals surface area contributed by atoms with E-state index >= 15 is 0 Å².